The van der Waals surface area contributed by atoms with E-state index in [1.54, 1.807) is 11.7 Å². The fourth-order valence-electron chi connectivity index (χ4n) is 2.11. The molecule has 0 radical (unpaired) electrons. The molecule has 0 aliphatic carbocycles. The number of nitrogens with zero attached hydrogens (tertiary/aromatic N) is 4. The number of ether oxygens (including phenoxy) is 1. The molecule has 1 aromatic carbocycles. The standard InChI is InChI=1S/C16H24N6O2/c1-11(10-17-15(23)24-16(2,3)4)18-13-8-6-7-12(9-13)14-19-20-21-22(14)5/h6-9,11,18H,10H2,1-5H3,(H,17,23). The van der Waals surface area contributed by atoms with E-state index in [1.165, 1.54) is 0 Å². The van der Waals surface area contributed by atoms with Crippen molar-refractivity contribution in [1.29, 1.82) is 0 Å². The lowest BCUT2D eigenvalue weighted by Gasteiger charge is -2.21. The molecule has 130 valence electrons. The Morgan fingerprint density at radius 3 is 2.75 bits per heavy atom. The maximum Gasteiger partial charge on any atom is 0.407 e. The molecule has 2 rings (SSSR count). The van der Waals surface area contributed by atoms with Crippen molar-refractivity contribution >= 4 is 11.8 Å². The monoisotopic (exact) mass is 332 g/mol. The van der Waals surface area contributed by atoms with E-state index in [0.717, 1.165) is 11.3 Å². The molecule has 1 amide bonds. The summed E-state index contributed by atoms with van der Waals surface area (Å²) in [5.74, 6) is 0.693. The molecule has 24 heavy (non-hydrogen) atoms. The lowest BCUT2D eigenvalue weighted by atomic mass is 10.1. The van der Waals surface area contributed by atoms with Crippen LogP contribution in [0.1, 0.15) is 27.7 Å². The first-order chi connectivity index (χ1) is 11.2. The number of nitrogens with one attached hydrogen (secondary N) is 2. The molecular formula is C16H24N6O2. The number of rotatable bonds is 5. The number of hydrogen-bond donors (Lipinski definition) is 2. The zero-order chi connectivity index (χ0) is 17.7. The Morgan fingerprint density at radius 2 is 2.12 bits per heavy atom. The van der Waals surface area contributed by atoms with Crippen LogP contribution in [0.5, 0.6) is 0 Å². The third-order valence-electron chi connectivity index (χ3n) is 3.11. The van der Waals surface area contributed by atoms with Gasteiger partial charge in [0.2, 0.25) is 0 Å². The molecule has 1 heterocycles. The second kappa shape index (κ2) is 7.29. The van der Waals surface area contributed by atoms with Crippen molar-refractivity contribution in [3.63, 3.8) is 0 Å². The molecule has 0 bridgehead atoms. The molecule has 1 atom stereocenters. The number of tetrazole rings is 1. The Kier molecular flexibility index (Phi) is 5.38. The molecule has 2 N–H and O–H groups in total. The molecule has 0 saturated heterocycles. The minimum Gasteiger partial charge on any atom is -0.444 e. The number of alkyl carbamates (subject to hydrolysis) is 1. The highest BCUT2D eigenvalue weighted by atomic mass is 16.6. The number of carbonyl (C=O) groups is 1. The first-order valence-electron chi connectivity index (χ1n) is 7.81. The quantitative estimate of drug-likeness (QED) is 0.872. The predicted molar refractivity (Wildman–Crippen MR) is 91.6 cm³/mol. The van der Waals surface area contributed by atoms with Gasteiger partial charge in [0.05, 0.1) is 0 Å². The number of anilines is 1. The van der Waals surface area contributed by atoms with Crippen LogP contribution in [0.15, 0.2) is 24.3 Å². The third-order valence-corrected chi connectivity index (χ3v) is 3.11. The summed E-state index contributed by atoms with van der Waals surface area (Å²) in [6.07, 6.45) is -0.421. The molecule has 2 aromatic rings. The van der Waals surface area contributed by atoms with Crippen molar-refractivity contribution in [3.8, 4) is 11.4 Å². The maximum absolute atomic E-state index is 11.7. The van der Waals surface area contributed by atoms with Crippen LogP contribution in [0, 0.1) is 0 Å². The highest BCUT2D eigenvalue weighted by Crippen LogP contribution is 2.20. The summed E-state index contributed by atoms with van der Waals surface area (Å²) in [6.45, 7) is 7.93. The topological polar surface area (TPSA) is 94.0 Å². The first kappa shape index (κ1) is 17.7. The van der Waals surface area contributed by atoms with Crippen LogP contribution in [-0.2, 0) is 11.8 Å². The Balaban J connectivity index is 1.92. The Labute approximate surface area is 141 Å². The zero-order valence-electron chi connectivity index (χ0n) is 14.7. The van der Waals surface area contributed by atoms with Crippen molar-refractivity contribution in [2.75, 3.05) is 11.9 Å². The summed E-state index contributed by atoms with van der Waals surface area (Å²) in [7, 11) is 1.79. The first-order valence-corrected chi connectivity index (χ1v) is 7.81. The van der Waals surface area contributed by atoms with Crippen LogP contribution in [-0.4, -0.2) is 44.5 Å². The van der Waals surface area contributed by atoms with Crippen molar-refractivity contribution in [3.05, 3.63) is 24.3 Å². The van der Waals surface area contributed by atoms with E-state index >= 15 is 0 Å². The van der Waals surface area contributed by atoms with Crippen molar-refractivity contribution in [2.45, 2.75) is 39.3 Å². The van der Waals surface area contributed by atoms with E-state index in [4.69, 9.17) is 4.74 Å². The van der Waals surface area contributed by atoms with Gasteiger partial charge in [0.15, 0.2) is 5.82 Å². The fraction of sp³-hybridized carbons (Fsp3) is 0.500. The third kappa shape index (κ3) is 5.22. The highest BCUT2D eigenvalue weighted by Gasteiger charge is 2.16. The van der Waals surface area contributed by atoms with Gasteiger partial charge in [-0.1, -0.05) is 12.1 Å². The van der Waals surface area contributed by atoms with E-state index in [0.29, 0.717) is 12.4 Å². The van der Waals surface area contributed by atoms with Crippen molar-refractivity contribution < 1.29 is 9.53 Å². The van der Waals surface area contributed by atoms with E-state index in [1.807, 2.05) is 52.0 Å². The Bertz CT molecular complexity index is 692. The number of benzene rings is 1. The van der Waals surface area contributed by atoms with Gasteiger partial charge in [0.1, 0.15) is 5.60 Å². The minimum atomic E-state index is -0.501. The predicted octanol–water partition coefficient (Wildman–Crippen LogP) is 2.20. The van der Waals surface area contributed by atoms with Gasteiger partial charge in [0.25, 0.3) is 0 Å². The molecule has 8 nitrogen and oxygen atoms in total. The summed E-state index contributed by atoms with van der Waals surface area (Å²) in [5, 5.41) is 17.6. The van der Waals surface area contributed by atoms with E-state index in [-0.39, 0.29) is 6.04 Å². The number of carbonyl (C=O) groups excluding carboxylic acids is 1. The zero-order valence-corrected chi connectivity index (χ0v) is 14.7. The van der Waals surface area contributed by atoms with Crippen LogP contribution in [0.4, 0.5) is 10.5 Å². The summed E-state index contributed by atoms with van der Waals surface area (Å²) < 4.78 is 6.83. The molecule has 0 fully saturated rings. The maximum atomic E-state index is 11.7. The van der Waals surface area contributed by atoms with E-state index < -0.39 is 11.7 Å². The second-order valence-electron chi connectivity index (χ2n) is 6.64. The molecular weight excluding hydrogens is 308 g/mol. The Hall–Kier alpha value is -2.64. The normalized spacial score (nSPS) is 12.5. The molecule has 0 spiro atoms. The largest absolute Gasteiger partial charge is 0.444 e. The van der Waals surface area contributed by atoms with Crippen molar-refractivity contribution in [1.82, 2.24) is 25.5 Å². The lowest BCUT2D eigenvalue weighted by Crippen LogP contribution is -2.38. The summed E-state index contributed by atoms with van der Waals surface area (Å²) in [4.78, 5) is 11.7. The van der Waals surface area contributed by atoms with Crippen LogP contribution in [0.3, 0.4) is 0 Å². The van der Waals surface area contributed by atoms with Crippen LogP contribution in [0.25, 0.3) is 11.4 Å². The number of amides is 1. The van der Waals surface area contributed by atoms with Gasteiger partial charge in [-0.15, -0.1) is 5.10 Å². The lowest BCUT2D eigenvalue weighted by molar-refractivity contribution is 0.0526. The molecule has 8 heteroatoms. The fourth-order valence-corrected chi connectivity index (χ4v) is 2.11. The smallest absolute Gasteiger partial charge is 0.407 e. The average molecular weight is 332 g/mol. The number of hydrogen-bond acceptors (Lipinski definition) is 6. The van der Waals surface area contributed by atoms with Crippen molar-refractivity contribution in [2.24, 2.45) is 7.05 Å². The van der Waals surface area contributed by atoms with Gasteiger partial charge in [-0.25, -0.2) is 9.48 Å². The molecule has 0 aliphatic rings. The van der Waals surface area contributed by atoms with Crippen LogP contribution < -0.4 is 10.6 Å². The number of aryl methyl sites for hydroxylation is 1. The van der Waals surface area contributed by atoms with Gasteiger partial charge in [-0.2, -0.15) is 0 Å². The molecule has 0 aliphatic heterocycles. The molecule has 1 aromatic heterocycles. The molecule has 1 unspecified atom stereocenters. The number of aromatic nitrogens is 4. The van der Waals surface area contributed by atoms with Gasteiger partial charge in [0, 0.05) is 30.9 Å². The second-order valence-corrected chi connectivity index (χ2v) is 6.64. The van der Waals surface area contributed by atoms with Crippen LogP contribution in [0.2, 0.25) is 0 Å². The van der Waals surface area contributed by atoms with Gasteiger partial charge < -0.3 is 15.4 Å². The van der Waals surface area contributed by atoms with E-state index in [2.05, 4.69) is 26.2 Å². The SMILES string of the molecule is CC(CNC(=O)OC(C)(C)C)Nc1cccc(-c2nnnn2C)c1. The molecule has 0 saturated carbocycles. The average Bonchev–Trinajstić information content (AvgIpc) is 2.90. The van der Waals surface area contributed by atoms with Gasteiger partial charge in [-0.05, 0) is 50.3 Å². The Morgan fingerprint density at radius 1 is 1.38 bits per heavy atom. The van der Waals surface area contributed by atoms with Gasteiger partial charge >= 0.3 is 6.09 Å². The summed E-state index contributed by atoms with van der Waals surface area (Å²) in [6, 6.07) is 7.83. The minimum absolute atomic E-state index is 0.0328. The summed E-state index contributed by atoms with van der Waals surface area (Å²) >= 11 is 0. The highest BCUT2D eigenvalue weighted by molar-refractivity contribution is 5.68. The summed E-state index contributed by atoms with van der Waals surface area (Å²) in [5.41, 5.74) is 1.34. The van der Waals surface area contributed by atoms with E-state index in [9.17, 15) is 4.79 Å². The van der Waals surface area contributed by atoms with Gasteiger partial charge in [-0.3, -0.25) is 0 Å². The van der Waals surface area contributed by atoms with Crippen LogP contribution >= 0.6 is 0 Å².